The highest BCUT2D eigenvalue weighted by Crippen LogP contribution is 2.43. The summed E-state index contributed by atoms with van der Waals surface area (Å²) in [6, 6.07) is 9.28. The molecule has 8 heteroatoms. The van der Waals surface area contributed by atoms with Crippen molar-refractivity contribution in [2.75, 3.05) is 34.4 Å². The molecule has 1 aliphatic heterocycles. The molecule has 3 rings (SSSR count). The van der Waals surface area contributed by atoms with E-state index in [0.717, 1.165) is 11.3 Å². The van der Waals surface area contributed by atoms with Gasteiger partial charge in [0.1, 0.15) is 0 Å². The first kappa shape index (κ1) is 23.4. The molecule has 2 atom stereocenters. The van der Waals surface area contributed by atoms with Crippen molar-refractivity contribution in [3.63, 3.8) is 0 Å². The molecule has 1 aliphatic rings. The molecular weight excluding hydrogens is 410 g/mol. The van der Waals surface area contributed by atoms with Crippen LogP contribution >= 0.6 is 0 Å². The van der Waals surface area contributed by atoms with Gasteiger partial charge in [0, 0.05) is 31.1 Å². The minimum absolute atomic E-state index is 0.0301. The number of carbonyl (C=O) groups is 2. The van der Waals surface area contributed by atoms with E-state index in [1.54, 1.807) is 32.4 Å². The summed E-state index contributed by atoms with van der Waals surface area (Å²) in [6.07, 6.45) is 1.69. The number of aromatic nitrogens is 1. The predicted octanol–water partition coefficient (Wildman–Crippen LogP) is 2.62. The van der Waals surface area contributed by atoms with E-state index in [1.807, 2.05) is 44.2 Å². The summed E-state index contributed by atoms with van der Waals surface area (Å²) in [6.45, 7) is 4.86. The van der Waals surface area contributed by atoms with Crippen LogP contribution < -0.4 is 19.5 Å². The SMILES string of the molecule is COc1cc([C@H]2CN(C(=O)C(C)C)C[C@H]2C(=O)NCc2ccccn2)cc(OC)c1OC. The van der Waals surface area contributed by atoms with Crippen molar-refractivity contribution in [2.24, 2.45) is 11.8 Å². The molecule has 0 saturated carbocycles. The van der Waals surface area contributed by atoms with Crippen molar-refractivity contribution >= 4 is 11.8 Å². The minimum atomic E-state index is -0.413. The van der Waals surface area contributed by atoms with Crippen molar-refractivity contribution in [3.05, 3.63) is 47.8 Å². The maximum Gasteiger partial charge on any atom is 0.225 e. The second kappa shape index (κ2) is 10.3. The lowest BCUT2D eigenvalue weighted by molar-refractivity contribution is -0.133. The quantitative estimate of drug-likeness (QED) is 0.677. The molecule has 172 valence electrons. The molecule has 2 heterocycles. The van der Waals surface area contributed by atoms with Crippen LogP contribution in [0.2, 0.25) is 0 Å². The number of methoxy groups -OCH3 is 3. The molecule has 1 N–H and O–H groups in total. The van der Waals surface area contributed by atoms with Gasteiger partial charge < -0.3 is 24.4 Å². The normalized spacial score (nSPS) is 17.9. The molecular formula is C24H31N3O5. The van der Waals surface area contributed by atoms with E-state index >= 15 is 0 Å². The zero-order valence-corrected chi connectivity index (χ0v) is 19.3. The standard InChI is InChI=1S/C24H31N3O5/c1-15(2)24(29)27-13-18(16-10-20(30-3)22(32-5)21(11-16)31-4)19(14-27)23(28)26-12-17-8-6-7-9-25-17/h6-11,15,18-19H,12-14H2,1-5H3,(H,26,28)/t18-,19-/m1/s1. The zero-order chi connectivity index (χ0) is 23.3. The van der Waals surface area contributed by atoms with Gasteiger partial charge in [-0.05, 0) is 29.8 Å². The summed E-state index contributed by atoms with van der Waals surface area (Å²) in [7, 11) is 4.66. The van der Waals surface area contributed by atoms with E-state index in [9.17, 15) is 9.59 Å². The topological polar surface area (TPSA) is 90.0 Å². The average molecular weight is 442 g/mol. The lowest BCUT2D eigenvalue weighted by Gasteiger charge is -2.21. The summed E-state index contributed by atoms with van der Waals surface area (Å²) in [5.74, 6) is 0.662. The van der Waals surface area contributed by atoms with Crippen LogP contribution in [0.1, 0.15) is 31.0 Å². The van der Waals surface area contributed by atoms with Gasteiger partial charge in [0.15, 0.2) is 11.5 Å². The molecule has 1 fully saturated rings. The number of rotatable bonds is 8. The van der Waals surface area contributed by atoms with Crippen LogP contribution in [0.25, 0.3) is 0 Å². The molecule has 0 aliphatic carbocycles. The van der Waals surface area contributed by atoms with Crippen LogP contribution in [-0.4, -0.2) is 56.1 Å². The number of amides is 2. The van der Waals surface area contributed by atoms with Crippen LogP contribution in [0.15, 0.2) is 36.5 Å². The van der Waals surface area contributed by atoms with E-state index in [2.05, 4.69) is 10.3 Å². The Morgan fingerprint density at radius 1 is 1.09 bits per heavy atom. The smallest absolute Gasteiger partial charge is 0.225 e. The highest BCUT2D eigenvalue weighted by atomic mass is 16.5. The number of nitrogens with one attached hydrogen (secondary N) is 1. The summed E-state index contributed by atoms with van der Waals surface area (Å²) in [5, 5.41) is 2.98. The van der Waals surface area contributed by atoms with Gasteiger partial charge in [0.2, 0.25) is 17.6 Å². The number of nitrogens with zero attached hydrogens (tertiary/aromatic N) is 2. The third kappa shape index (κ3) is 4.95. The average Bonchev–Trinajstić information content (AvgIpc) is 3.27. The minimum Gasteiger partial charge on any atom is -0.493 e. The summed E-state index contributed by atoms with van der Waals surface area (Å²) in [5.41, 5.74) is 1.63. The van der Waals surface area contributed by atoms with Gasteiger partial charge in [-0.15, -0.1) is 0 Å². The number of carbonyl (C=O) groups excluding carboxylic acids is 2. The molecule has 1 saturated heterocycles. The number of likely N-dealkylation sites (tertiary alicyclic amines) is 1. The van der Waals surface area contributed by atoms with Crippen molar-refractivity contribution in [2.45, 2.75) is 26.3 Å². The fourth-order valence-corrected chi connectivity index (χ4v) is 4.08. The Bertz CT molecular complexity index is 923. The lowest BCUT2D eigenvalue weighted by Crippen LogP contribution is -2.36. The number of hydrogen-bond acceptors (Lipinski definition) is 6. The number of pyridine rings is 1. The van der Waals surface area contributed by atoms with Gasteiger partial charge in [-0.25, -0.2) is 0 Å². The van der Waals surface area contributed by atoms with Gasteiger partial charge in [-0.2, -0.15) is 0 Å². The summed E-state index contributed by atoms with van der Waals surface area (Å²) in [4.78, 5) is 32.0. The van der Waals surface area contributed by atoms with Gasteiger partial charge in [0.25, 0.3) is 0 Å². The first-order chi connectivity index (χ1) is 15.4. The summed E-state index contributed by atoms with van der Waals surface area (Å²) >= 11 is 0. The van der Waals surface area contributed by atoms with Crippen molar-refractivity contribution in [3.8, 4) is 17.2 Å². The number of ether oxygens (including phenoxy) is 3. The van der Waals surface area contributed by atoms with Gasteiger partial charge in [0.05, 0.1) is 39.5 Å². The van der Waals surface area contributed by atoms with Gasteiger partial charge >= 0.3 is 0 Å². The molecule has 2 aromatic rings. The first-order valence-corrected chi connectivity index (χ1v) is 10.7. The molecule has 0 bridgehead atoms. The van der Waals surface area contributed by atoms with Crippen molar-refractivity contribution in [1.82, 2.24) is 15.2 Å². The molecule has 1 aromatic carbocycles. The van der Waals surface area contributed by atoms with Crippen LogP contribution in [-0.2, 0) is 16.1 Å². The van der Waals surface area contributed by atoms with Gasteiger partial charge in [-0.3, -0.25) is 14.6 Å². The van der Waals surface area contributed by atoms with Gasteiger partial charge in [-0.1, -0.05) is 19.9 Å². The molecule has 8 nitrogen and oxygen atoms in total. The maximum absolute atomic E-state index is 13.2. The van der Waals surface area contributed by atoms with Crippen LogP contribution in [0, 0.1) is 11.8 Å². The Balaban J connectivity index is 1.91. The van der Waals surface area contributed by atoms with E-state index < -0.39 is 5.92 Å². The highest BCUT2D eigenvalue weighted by Gasteiger charge is 2.41. The van der Waals surface area contributed by atoms with Crippen LogP contribution in [0.4, 0.5) is 0 Å². The predicted molar refractivity (Wildman–Crippen MR) is 120 cm³/mol. The maximum atomic E-state index is 13.2. The molecule has 2 amide bonds. The number of benzene rings is 1. The Morgan fingerprint density at radius 3 is 2.31 bits per heavy atom. The third-order valence-electron chi connectivity index (χ3n) is 5.75. The largest absolute Gasteiger partial charge is 0.493 e. The van der Waals surface area contributed by atoms with Crippen LogP contribution in [0.3, 0.4) is 0 Å². The molecule has 1 aromatic heterocycles. The van der Waals surface area contributed by atoms with E-state index in [-0.39, 0.29) is 23.7 Å². The molecule has 0 unspecified atom stereocenters. The second-order valence-electron chi connectivity index (χ2n) is 8.11. The Hall–Kier alpha value is -3.29. The third-order valence-corrected chi connectivity index (χ3v) is 5.75. The fourth-order valence-electron chi connectivity index (χ4n) is 4.08. The fraction of sp³-hybridized carbons (Fsp3) is 0.458. The molecule has 0 spiro atoms. The Kier molecular flexibility index (Phi) is 7.56. The Labute approximate surface area is 188 Å². The lowest BCUT2D eigenvalue weighted by atomic mass is 9.88. The Morgan fingerprint density at radius 2 is 1.78 bits per heavy atom. The van der Waals surface area contributed by atoms with E-state index in [0.29, 0.717) is 36.9 Å². The monoisotopic (exact) mass is 441 g/mol. The van der Waals surface area contributed by atoms with Crippen LogP contribution in [0.5, 0.6) is 17.2 Å². The number of hydrogen-bond donors (Lipinski definition) is 1. The first-order valence-electron chi connectivity index (χ1n) is 10.7. The molecule has 32 heavy (non-hydrogen) atoms. The highest BCUT2D eigenvalue weighted by molar-refractivity contribution is 5.84. The zero-order valence-electron chi connectivity index (χ0n) is 19.3. The van der Waals surface area contributed by atoms with E-state index in [1.165, 1.54) is 0 Å². The van der Waals surface area contributed by atoms with E-state index in [4.69, 9.17) is 14.2 Å². The summed E-state index contributed by atoms with van der Waals surface area (Å²) < 4.78 is 16.4. The van der Waals surface area contributed by atoms with Crippen molar-refractivity contribution in [1.29, 1.82) is 0 Å². The second-order valence-corrected chi connectivity index (χ2v) is 8.11. The molecule has 0 radical (unpaired) electrons. The van der Waals surface area contributed by atoms with Crippen molar-refractivity contribution < 1.29 is 23.8 Å².